The third-order valence-corrected chi connectivity index (χ3v) is 3.90. The monoisotopic (exact) mass is 333 g/mol. The normalized spacial score (nSPS) is 11.0. The lowest BCUT2D eigenvalue weighted by Crippen LogP contribution is -2.05. The van der Waals surface area contributed by atoms with Gasteiger partial charge in [0.15, 0.2) is 0 Å². The largest absolute Gasteiger partial charge is 0.744 e. The van der Waals surface area contributed by atoms with Gasteiger partial charge in [-0.25, -0.2) is 8.42 Å². The Morgan fingerprint density at radius 1 is 0.913 bits per heavy atom. The minimum absolute atomic E-state index is 0.267. The van der Waals surface area contributed by atoms with Crippen molar-refractivity contribution < 1.29 is 22.4 Å². The molecular weight excluding hydrogens is 316 g/mol. The summed E-state index contributed by atoms with van der Waals surface area (Å²) in [7, 11) is -4.42. The third-order valence-electron chi connectivity index (χ3n) is 3.05. The average molecular weight is 333 g/mol. The summed E-state index contributed by atoms with van der Waals surface area (Å²) in [4.78, 5) is -0.267. The molecule has 0 saturated carbocycles. The number of rotatable bonds is 8. The molecule has 2 aromatic rings. The number of hydrogen-bond donors (Lipinski definition) is 0. The smallest absolute Gasteiger partial charge is 0.124 e. The number of hydrogen-bond acceptors (Lipinski definition) is 5. The molecule has 2 aromatic carbocycles. The van der Waals surface area contributed by atoms with Gasteiger partial charge >= 0.3 is 0 Å². The van der Waals surface area contributed by atoms with Crippen molar-refractivity contribution in [2.45, 2.75) is 11.3 Å². The Kier molecular flexibility index (Phi) is 5.78. The minimum atomic E-state index is -4.42. The molecule has 0 heterocycles. The number of ether oxygens (including phenoxy) is 2. The fourth-order valence-corrected chi connectivity index (χ4v) is 2.31. The molecule has 2 rings (SSSR count). The lowest BCUT2D eigenvalue weighted by atomic mass is 10.2. The molecule has 0 radical (unpaired) electrons. The van der Waals surface area contributed by atoms with E-state index in [4.69, 9.17) is 9.47 Å². The summed E-state index contributed by atoms with van der Waals surface area (Å²) in [5, 5.41) is 0. The van der Waals surface area contributed by atoms with Crippen LogP contribution in [-0.2, 0) is 10.1 Å². The molecule has 0 N–H and O–H groups in total. The van der Waals surface area contributed by atoms with Gasteiger partial charge < -0.3 is 14.0 Å². The van der Waals surface area contributed by atoms with Gasteiger partial charge in [0.1, 0.15) is 21.6 Å². The van der Waals surface area contributed by atoms with Crippen LogP contribution in [0.25, 0.3) is 6.08 Å². The van der Waals surface area contributed by atoms with Crippen LogP contribution >= 0.6 is 0 Å². The van der Waals surface area contributed by atoms with Crippen LogP contribution < -0.4 is 9.47 Å². The fourth-order valence-electron chi connectivity index (χ4n) is 1.84. The minimum Gasteiger partial charge on any atom is -0.744 e. The van der Waals surface area contributed by atoms with Crippen molar-refractivity contribution in [1.82, 2.24) is 0 Å². The van der Waals surface area contributed by atoms with E-state index < -0.39 is 10.1 Å². The molecule has 122 valence electrons. The Morgan fingerprint density at radius 2 is 1.39 bits per heavy atom. The first-order chi connectivity index (χ1) is 11.0. The second-order valence-corrected chi connectivity index (χ2v) is 6.13. The van der Waals surface area contributed by atoms with E-state index in [2.05, 4.69) is 6.58 Å². The summed E-state index contributed by atoms with van der Waals surface area (Å²) in [5.74, 6) is 1.29. The summed E-state index contributed by atoms with van der Waals surface area (Å²) in [5.41, 5.74) is 1.03. The van der Waals surface area contributed by atoms with Gasteiger partial charge in [-0.1, -0.05) is 24.8 Å². The van der Waals surface area contributed by atoms with Gasteiger partial charge in [-0.05, 0) is 42.0 Å². The van der Waals surface area contributed by atoms with Crippen LogP contribution in [0.2, 0.25) is 0 Å². The Morgan fingerprint density at radius 3 is 1.83 bits per heavy atom. The van der Waals surface area contributed by atoms with E-state index in [1.54, 1.807) is 6.08 Å². The molecule has 0 unspecified atom stereocenters. The van der Waals surface area contributed by atoms with E-state index in [-0.39, 0.29) is 4.90 Å². The molecule has 0 spiro atoms. The first-order valence-corrected chi connectivity index (χ1v) is 8.44. The van der Waals surface area contributed by atoms with Crippen LogP contribution in [0.3, 0.4) is 0 Å². The second kappa shape index (κ2) is 7.80. The second-order valence-electron chi connectivity index (χ2n) is 4.75. The maximum Gasteiger partial charge on any atom is 0.124 e. The van der Waals surface area contributed by atoms with Crippen LogP contribution in [-0.4, -0.2) is 26.2 Å². The van der Waals surface area contributed by atoms with Gasteiger partial charge in [-0.15, -0.1) is 0 Å². The average Bonchev–Trinajstić information content (AvgIpc) is 2.55. The number of benzene rings is 2. The molecule has 0 fully saturated rings. The molecule has 0 bridgehead atoms. The van der Waals surface area contributed by atoms with E-state index in [9.17, 15) is 13.0 Å². The molecule has 0 atom stereocenters. The maximum absolute atomic E-state index is 10.8. The molecule has 23 heavy (non-hydrogen) atoms. The molecule has 5 nitrogen and oxygen atoms in total. The highest BCUT2D eigenvalue weighted by Crippen LogP contribution is 2.16. The SMILES string of the molecule is C=Cc1ccc(OCCCOc2ccc(S(=O)(=O)[O-])cc2)cc1. The van der Waals surface area contributed by atoms with Crippen molar-refractivity contribution in [2.24, 2.45) is 0 Å². The molecule has 0 saturated heterocycles. The molecule has 0 amide bonds. The van der Waals surface area contributed by atoms with Gasteiger partial charge in [-0.3, -0.25) is 0 Å². The highest BCUT2D eigenvalue weighted by atomic mass is 32.2. The summed E-state index contributed by atoms with van der Waals surface area (Å²) in [6.45, 7) is 4.61. The first-order valence-electron chi connectivity index (χ1n) is 7.03. The zero-order valence-corrected chi connectivity index (χ0v) is 13.3. The van der Waals surface area contributed by atoms with Gasteiger partial charge in [-0.2, -0.15) is 0 Å². The van der Waals surface area contributed by atoms with E-state index in [1.165, 1.54) is 24.3 Å². The van der Waals surface area contributed by atoms with Crippen molar-refractivity contribution >= 4 is 16.2 Å². The quantitative estimate of drug-likeness (QED) is 0.548. The standard InChI is InChI=1S/C17H18O5S/c1-2-14-4-6-15(7-5-14)21-12-3-13-22-16-8-10-17(11-9-16)23(18,19)20/h2,4-11H,1,3,12-13H2,(H,18,19,20)/p-1. The molecule has 0 aliphatic rings. The van der Waals surface area contributed by atoms with Crippen molar-refractivity contribution in [2.75, 3.05) is 13.2 Å². The topological polar surface area (TPSA) is 75.7 Å². The van der Waals surface area contributed by atoms with Gasteiger partial charge in [0.25, 0.3) is 0 Å². The summed E-state index contributed by atoms with van der Waals surface area (Å²) in [6, 6.07) is 13.0. The van der Waals surface area contributed by atoms with Crippen molar-refractivity contribution in [3.8, 4) is 11.5 Å². The van der Waals surface area contributed by atoms with Crippen LogP contribution in [0.15, 0.2) is 60.0 Å². The predicted molar refractivity (Wildman–Crippen MR) is 86.5 cm³/mol. The van der Waals surface area contributed by atoms with Gasteiger partial charge in [0.05, 0.1) is 18.1 Å². The Balaban J connectivity index is 1.71. The predicted octanol–water partition coefficient (Wildman–Crippen LogP) is 3.08. The van der Waals surface area contributed by atoms with Gasteiger partial charge in [0.2, 0.25) is 0 Å². The molecule has 0 aliphatic heterocycles. The van der Waals surface area contributed by atoms with Crippen molar-refractivity contribution in [3.63, 3.8) is 0 Å². The molecule has 6 heteroatoms. The van der Waals surface area contributed by atoms with Crippen molar-refractivity contribution in [1.29, 1.82) is 0 Å². The lowest BCUT2D eigenvalue weighted by molar-refractivity contribution is 0.247. The Labute approximate surface area is 135 Å². The maximum atomic E-state index is 10.8. The molecule has 0 aromatic heterocycles. The fraction of sp³-hybridized carbons (Fsp3) is 0.176. The third kappa shape index (κ3) is 5.43. The lowest BCUT2D eigenvalue weighted by Gasteiger charge is -2.10. The van der Waals surface area contributed by atoms with E-state index >= 15 is 0 Å². The molecular formula is C17H17O5S-. The van der Waals surface area contributed by atoms with Gasteiger partial charge in [0, 0.05) is 6.42 Å². The van der Waals surface area contributed by atoms with E-state index in [0.29, 0.717) is 25.4 Å². The van der Waals surface area contributed by atoms with Crippen LogP contribution in [0.1, 0.15) is 12.0 Å². The summed E-state index contributed by atoms with van der Waals surface area (Å²) < 4.78 is 43.4. The highest BCUT2D eigenvalue weighted by molar-refractivity contribution is 7.85. The first kappa shape index (κ1) is 17.1. The van der Waals surface area contributed by atoms with Crippen molar-refractivity contribution in [3.05, 3.63) is 60.7 Å². The zero-order valence-electron chi connectivity index (χ0n) is 12.5. The van der Waals surface area contributed by atoms with E-state index in [1.807, 2.05) is 24.3 Å². The molecule has 0 aliphatic carbocycles. The van der Waals surface area contributed by atoms with Crippen LogP contribution in [0.5, 0.6) is 11.5 Å². The highest BCUT2D eigenvalue weighted by Gasteiger charge is 2.01. The van der Waals surface area contributed by atoms with E-state index in [0.717, 1.165) is 11.3 Å². The Bertz CT molecular complexity index is 734. The zero-order chi connectivity index (χ0) is 16.7. The Hall–Kier alpha value is -2.31. The van der Waals surface area contributed by atoms with Crippen LogP contribution in [0.4, 0.5) is 0 Å². The summed E-state index contributed by atoms with van der Waals surface area (Å²) in [6.07, 6.45) is 2.44. The van der Waals surface area contributed by atoms with Crippen LogP contribution in [0, 0.1) is 0 Å². The summed E-state index contributed by atoms with van der Waals surface area (Å²) >= 11 is 0.